The van der Waals surface area contributed by atoms with Crippen LogP contribution in [0.25, 0.3) is 0 Å². The number of esters is 1. The van der Waals surface area contributed by atoms with E-state index in [1.807, 2.05) is 0 Å². The highest BCUT2D eigenvalue weighted by molar-refractivity contribution is 5.70. The first-order chi connectivity index (χ1) is 19.4. The predicted molar refractivity (Wildman–Crippen MR) is 164 cm³/mol. The number of hydrogen-bond donors (Lipinski definition) is 0. The van der Waals surface area contributed by atoms with Crippen molar-refractivity contribution in [3.8, 4) is 0 Å². The van der Waals surface area contributed by atoms with Crippen LogP contribution in [-0.4, -0.2) is 25.5 Å². The van der Waals surface area contributed by atoms with Gasteiger partial charge in [-0.1, -0.05) is 47.6 Å². The van der Waals surface area contributed by atoms with Gasteiger partial charge >= 0.3 is 5.97 Å². The highest BCUT2D eigenvalue weighted by Crippen LogP contribution is 2.77. The van der Waals surface area contributed by atoms with Crippen molar-refractivity contribution < 1.29 is 19.0 Å². The normalized spacial score (nSPS) is 48.7. The molecule has 0 aromatic carbocycles. The Kier molecular flexibility index (Phi) is 7.83. The maximum atomic E-state index is 12.7. The molecule has 10 atom stereocenters. The van der Waals surface area contributed by atoms with Crippen LogP contribution in [0.5, 0.6) is 0 Å². The van der Waals surface area contributed by atoms with Gasteiger partial charge in [0.2, 0.25) is 0 Å². The van der Waals surface area contributed by atoms with E-state index in [4.69, 9.17) is 14.2 Å². The van der Waals surface area contributed by atoms with Crippen molar-refractivity contribution in [2.24, 2.45) is 56.7 Å². The third kappa shape index (κ3) is 4.70. The van der Waals surface area contributed by atoms with Crippen molar-refractivity contribution in [3.63, 3.8) is 0 Å². The minimum atomic E-state index is -0.0888. The van der Waals surface area contributed by atoms with Crippen LogP contribution in [0.1, 0.15) is 138 Å². The Balaban J connectivity index is 1.21. The first kappa shape index (κ1) is 30.2. The van der Waals surface area contributed by atoms with Gasteiger partial charge in [0.25, 0.3) is 0 Å². The molecule has 6 rings (SSSR count). The summed E-state index contributed by atoms with van der Waals surface area (Å²) in [6, 6.07) is 0. The van der Waals surface area contributed by atoms with Crippen LogP contribution in [0.2, 0.25) is 0 Å². The Morgan fingerprint density at radius 2 is 1.61 bits per heavy atom. The van der Waals surface area contributed by atoms with Gasteiger partial charge in [0.15, 0.2) is 6.29 Å². The van der Waals surface area contributed by atoms with Gasteiger partial charge in [0, 0.05) is 13.0 Å². The van der Waals surface area contributed by atoms with Crippen molar-refractivity contribution in [3.05, 3.63) is 12.3 Å². The molecule has 4 heteroatoms. The van der Waals surface area contributed by atoms with Gasteiger partial charge in [0.1, 0.15) is 0 Å². The number of carbonyl (C=O) groups is 1. The fourth-order valence-corrected chi connectivity index (χ4v) is 12.9. The lowest BCUT2D eigenvalue weighted by atomic mass is 9.32. The second kappa shape index (κ2) is 10.6. The van der Waals surface area contributed by atoms with E-state index >= 15 is 0 Å². The van der Waals surface area contributed by atoms with E-state index in [1.54, 1.807) is 6.92 Å². The Hall–Kier alpha value is -0.870. The number of rotatable bonds is 6. The molecule has 0 amide bonds. The third-order valence-electron chi connectivity index (χ3n) is 15.2. The van der Waals surface area contributed by atoms with Crippen molar-refractivity contribution in [1.82, 2.24) is 0 Å². The lowest BCUT2D eigenvalue weighted by molar-refractivity contribution is -0.250. The number of hydrogen-bond acceptors (Lipinski definition) is 4. The van der Waals surface area contributed by atoms with E-state index in [1.165, 1.54) is 77.0 Å². The van der Waals surface area contributed by atoms with E-state index in [-0.39, 0.29) is 17.7 Å². The van der Waals surface area contributed by atoms with Gasteiger partial charge in [0.05, 0.1) is 12.4 Å². The molecule has 1 saturated heterocycles. The summed E-state index contributed by atoms with van der Waals surface area (Å²) in [4.78, 5) is 12.7. The molecular formula is C37H60O4. The minimum absolute atomic E-state index is 0.0392. The van der Waals surface area contributed by atoms with Gasteiger partial charge in [-0.15, -0.1) is 0 Å². The fraction of sp³-hybridized carbons (Fsp3) is 0.919. The summed E-state index contributed by atoms with van der Waals surface area (Å²) >= 11 is 0. The molecule has 4 nitrogen and oxygen atoms in total. The summed E-state index contributed by atoms with van der Waals surface area (Å²) in [5, 5.41) is 0. The summed E-state index contributed by atoms with van der Waals surface area (Å²) in [6.07, 6.45) is 18.8. The van der Waals surface area contributed by atoms with Crippen molar-refractivity contribution in [2.75, 3.05) is 13.2 Å². The number of fused-ring (bicyclic) bond motifs is 7. The highest BCUT2D eigenvalue weighted by Gasteiger charge is 2.70. The van der Waals surface area contributed by atoms with Crippen LogP contribution in [0, 0.1) is 56.7 Å². The lowest BCUT2D eigenvalue weighted by Gasteiger charge is -2.73. The van der Waals surface area contributed by atoms with Gasteiger partial charge in [-0.25, -0.2) is 0 Å². The van der Waals surface area contributed by atoms with Crippen LogP contribution < -0.4 is 0 Å². The topological polar surface area (TPSA) is 44.8 Å². The molecule has 6 aliphatic rings. The summed E-state index contributed by atoms with van der Waals surface area (Å²) in [5.41, 5.74) is 1.69. The zero-order chi connectivity index (χ0) is 29.3. The molecular weight excluding hydrogens is 508 g/mol. The Morgan fingerprint density at radius 3 is 2.34 bits per heavy atom. The molecule has 6 fully saturated rings. The molecule has 232 valence electrons. The third-order valence-corrected chi connectivity index (χ3v) is 15.2. The molecule has 0 aromatic heterocycles. The van der Waals surface area contributed by atoms with Gasteiger partial charge in [-0.05, 0) is 147 Å². The lowest BCUT2D eigenvalue weighted by Crippen LogP contribution is -2.66. The second-order valence-electron chi connectivity index (χ2n) is 17.1. The quantitative estimate of drug-likeness (QED) is 0.236. The molecule has 1 heterocycles. The van der Waals surface area contributed by atoms with Crippen molar-refractivity contribution in [2.45, 2.75) is 144 Å². The molecule has 0 radical (unpaired) electrons. The number of ether oxygens (including phenoxy) is 3. The Bertz CT molecular complexity index is 1010. The van der Waals surface area contributed by atoms with E-state index < -0.39 is 0 Å². The fourth-order valence-electron chi connectivity index (χ4n) is 12.9. The average molecular weight is 569 g/mol. The maximum Gasteiger partial charge on any atom is 0.311 e. The van der Waals surface area contributed by atoms with E-state index in [0.29, 0.717) is 45.7 Å². The minimum Gasteiger partial charge on any atom is -0.432 e. The van der Waals surface area contributed by atoms with Gasteiger partial charge in [-0.2, -0.15) is 0 Å². The van der Waals surface area contributed by atoms with Crippen LogP contribution in [0.3, 0.4) is 0 Å². The molecule has 0 N–H and O–H groups in total. The number of carbonyl (C=O) groups excluding carboxylic acids is 1. The van der Waals surface area contributed by atoms with Crippen LogP contribution >= 0.6 is 0 Å². The molecule has 0 bridgehead atoms. The van der Waals surface area contributed by atoms with Crippen LogP contribution in [0.15, 0.2) is 12.3 Å². The van der Waals surface area contributed by atoms with Crippen LogP contribution in [-0.2, 0) is 19.0 Å². The van der Waals surface area contributed by atoms with Crippen molar-refractivity contribution >= 4 is 5.97 Å². The zero-order valence-corrected chi connectivity index (χ0v) is 27.3. The summed E-state index contributed by atoms with van der Waals surface area (Å²) in [5.74, 6) is 3.91. The summed E-state index contributed by atoms with van der Waals surface area (Å²) in [7, 11) is 0. The maximum absolute atomic E-state index is 12.7. The molecule has 5 aliphatic carbocycles. The van der Waals surface area contributed by atoms with E-state index in [0.717, 1.165) is 43.8 Å². The Labute approximate surface area is 251 Å². The first-order valence-electron chi connectivity index (χ1n) is 17.5. The van der Waals surface area contributed by atoms with Crippen LogP contribution in [0.4, 0.5) is 0 Å². The molecule has 0 aromatic rings. The zero-order valence-electron chi connectivity index (χ0n) is 27.3. The number of allylic oxidation sites excluding steroid dienone is 1. The van der Waals surface area contributed by atoms with E-state index in [9.17, 15) is 4.79 Å². The average Bonchev–Trinajstić information content (AvgIpc) is 3.34. The Morgan fingerprint density at radius 1 is 0.805 bits per heavy atom. The highest BCUT2D eigenvalue weighted by atomic mass is 16.7. The standard InChI is InChI=1S/C37H60O4/c1-25(2)41-31(38)23-26-15-18-34(5)29(33(26,3)4)16-19-36(7)30(34)14-13-27-28-11-10-17-37(28,21-20-35(27,36)6)24-40-32-12-8-9-22-39-32/h26-30,32H,1,8-24H2,2-7H3/t26-,27+,28?,29+,30+,32+,34+,35+,36+,37+/m0/s1. The SMILES string of the molecule is C=C(C)OC(=O)C[C@@H]1CC[C@]2(C)[C@H](CC[C@]3(C)[C@@H]2CC[C@@H]2C4CCC[C@]4(CO[C@@H]4CCCCO4)CC[C@]23C)C1(C)C. The van der Waals surface area contributed by atoms with Crippen molar-refractivity contribution in [1.29, 1.82) is 0 Å². The van der Waals surface area contributed by atoms with Gasteiger partial charge < -0.3 is 14.2 Å². The summed E-state index contributed by atoms with van der Waals surface area (Å²) in [6.45, 7) is 20.5. The summed E-state index contributed by atoms with van der Waals surface area (Å²) < 4.78 is 18.0. The van der Waals surface area contributed by atoms with E-state index in [2.05, 4.69) is 41.2 Å². The van der Waals surface area contributed by atoms with Gasteiger partial charge in [-0.3, -0.25) is 4.79 Å². The molecule has 1 unspecified atom stereocenters. The first-order valence-corrected chi connectivity index (χ1v) is 17.5. The monoisotopic (exact) mass is 568 g/mol. The predicted octanol–water partition coefficient (Wildman–Crippen LogP) is 9.47. The largest absolute Gasteiger partial charge is 0.432 e. The molecule has 1 aliphatic heterocycles. The molecule has 0 spiro atoms. The molecule has 5 saturated carbocycles. The second-order valence-corrected chi connectivity index (χ2v) is 17.1. The molecule has 41 heavy (non-hydrogen) atoms. The smallest absolute Gasteiger partial charge is 0.311 e.